The maximum atomic E-state index is 11.8. The summed E-state index contributed by atoms with van der Waals surface area (Å²) in [6.45, 7) is 2.08. The Kier molecular flexibility index (Phi) is 3.62. The van der Waals surface area contributed by atoms with E-state index in [0.29, 0.717) is 24.1 Å². The Bertz CT molecular complexity index is 485. The standard InChI is InChI=1S/C13H16N2O3/c1-2-10(16)7-14-13(18)9-4-3-8-6-12(17)15-11(8)5-9/h3-5,10,16H,2,6-7H2,1H3,(H,14,18)(H,15,17). The third kappa shape index (κ3) is 2.68. The van der Waals surface area contributed by atoms with Gasteiger partial charge in [-0.05, 0) is 24.1 Å². The molecule has 0 radical (unpaired) electrons. The van der Waals surface area contributed by atoms with Crippen molar-refractivity contribution in [2.45, 2.75) is 25.9 Å². The number of aliphatic hydroxyl groups is 1. The van der Waals surface area contributed by atoms with Crippen LogP contribution in [0.2, 0.25) is 0 Å². The molecule has 1 aromatic carbocycles. The predicted octanol–water partition coefficient (Wildman–Crippen LogP) is 0.682. The molecule has 1 heterocycles. The molecule has 1 atom stereocenters. The van der Waals surface area contributed by atoms with E-state index >= 15 is 0 Å². The van der Waals surface area contributed by atoms with Crippen molar-refractivity contribution in [1.82, 2.24) is 5.32 Å². The highest BCUT2D eigenvalue weighted by Gasteiger charge is 2.19. The molecule has 0 aromatic heterocycles. The van der Waals surface area contributed by atoms with E-state index in [4.69, 9.17) is 0 Å². The van der Waals surface area contributed by atoms with Crippen LogP contribution in [0.15, 0.2) is 18.2 Å². The zero-order valence-corrected chi connectivity index (χ0v) is 10.2. The van der Waals surface area contributed by atoms with Gasteiger partial charge >= 0.3 is 0 Å². The summed E-state index contributed by atoms with van der Waals surface area (Å²) in [6.07, 6.45) is 0.440. The number of carbonyl (C=O) groups is 2. The average Bonchev–Trinajstić information content (AvgIpc) is 2.74. The molecule has 18 heavy (non-hydrogen) atoms. The largest absolute Gasteiger partial charge is 0.391 e. The Morgan fingerprint density at radius 2 is 2.33 bits per heavy atom. The molecule has 1 aliphatic heterocycles. The predicted molar refractivity (Wildman–Crippen MR) is 67.4 cm³/mol. The Morgan fingerprint density at radius 3 is 3.06 bits per heavy atom. The highest BCUT2D eigenvalue weighted by molar-refractivity contribution is 6.02. The van der Waals surface area contributed by atoms with Crippen LogP contribution in [0.3, 0.4) is 0 Å². The molecule has 2 rings (SSSR count). The van der Waals surface area contributed by atoms with Crippen LogP contribution in [0, 0.1) is 0 Å². The zero-order chi connectivity index (χ0) is 13.1. The van der Waals surface area contributed by atoms with Gasteiger partial charge in [0.25, 0.3) is 5.91 Å². The van der Waals surface area contributed by atoms with Gasteiger partial charge < -0.3 is 15.7 Å². The van der Waals surface area contributed by atoms with Gasteiger partial charge in [0.1, 0.15) is 0 Å². The van der Waals surface area contributed by atoms with Crippen molar-refractivity contribution in [1.29, 1.82) is 0 Å². The fraction of sp³-hybridized carbons (Fsp3) is 0.385. The summed E-state index contributed by atoms with van der Waals surface area (Å²) in [5.74, 6) is -0.296. The Hall–Kier alpha value is -1.88. The lowest BCUT2D eigenvalue weighted by Crippen LogP contribution is -2.31. The summed E-state index contributed by atoms with van der Waals surface area (Å²) in [6, 6.07) is 5.12. The molecule has 5 heteroatoms. The van der Waals surface area contributed by atoms with Crippen molar-refractivity contribution in [3.8, 4) is 0 Å². The molecule has 5 nitrogen and oxygen atoms in total. The summed E-state index contributed by atoms with van der Waals surface area (Å²) in [5, 5.41) is 14.7. The Labute approximate surface area is 105 Å². The van der Waals surface area contributed by atoms with Crippen molar-refractivity contribution >= 4 is 17.5 Å². The second kappa shape index (κ2) is 5.18. The van der Waals surface area contributed by atoms with Crippen LogP contribution in [0.25, 0.3) is 0 Å². The van der Waals surface area contributed by atoms with Gasteiger partial charge in [0.2, 0.25) is 5.91 Å². The number of hydrogen-bond donors (Lipinski definition) is 3. The monoisotopic (exact) mass is 248 g/mol. The topological polar surface area (TPSA) is 78.4 Å². The van der Waals surface area contributed by atoms with E-state index in [1.807, 2.05) is 6.92 Å². The summed E-state index contributed by atoms with van der Waals surface area (Å²) in [7, 11) is 0. The summed E-state index contributed by atoms with van der Waals surface area (Å²) >= 11 is 0. The third-order valence-electron chi connectivity index (χ3n) is 2.97. The number of amides is 2. The number of hydrogen-bond acceptors (Lipinski definition) is 3. The molecule has 1 aliphatic rings. The molecule has 0 saturated carbocycles. The van der Waals surface area contributed by atoms with Crippen molar-refractivity contribution in [2.75, 3.05) is 11.9 Å². The zero-order valence-electron chi connectivity index (χ0n) is 10.2. The minimum absolute atomic E-state index is 0.0519. The summed E-state index contributed by atoms with van der Waals surface area (Å²) < 4.78 is 0. The summed E-state index contributed by atoms with van der Waals surface area (Å²) in [5.41, 5.74) is 2.09. The maximum Gasteiger partial charge on any atom is 0.251 e. The molecule has 1 unspecified atom stereocenters. The minimum atomic E-state index is -0.525. The van der Waals surface area contributed by atoms with Crippen LogP contribution >= 0.6 is 0 Å². The molecule has 2 amide bonds. The van der Waals surface area contributed by atoms with Gasteiger partial charge in [0.05, 0.1) is 12.5 Å². The van der Waals surface area contributed by atoms with E-state index in [2.05, 4.69) is 10.6 Å². The molecule has 3 N–H and O–H groups in total. The number of anilines is 1. The molecule has 0 aliphatic carbocycles. The van der Waals surface area contributed by atoms with Crippen LogP contribution in [-0.2, 0) is 11.2 Å². The number of rotatable bonds is 4. The number of fused-ring (bicyclic) bond motifs is 1. The minimum Gasteiger partial charge on any atom is -0.391 e. The second-order valence-corrected chi connectivity index (χ2v) is 4.37. The first-order valence-electron chi connectivity index (χ1n) is 5.99. The van der Waals surface area contributed by atoms with E-state index in [1.165, 1.54) is 0 Å². The van der Waals surface area contributed by atoms with E-state index in [0.717, 1.165) is 5.56 Å². The smallest absolute Gasteiger partial charge is 0.251 e. The first-order valence-corrected chi connectivity index (χ1v) is 5.99. The fourth-order valence-corrected chi connectivity index (χ4v) is 1.81. The highest BCUT2D eigenvalue weighted by atomic mass is 16.3. The second-order valence-electron chi connectivity index (χ2n) is 4.37. The van der Waals surface area contributed by atoms with Gasteiger partial charge in [-0.3, -0.25) is 9.59 Å². The molecule has 1 aromatic rings. The average molecular weight is 248 g/mol. The normalized spacial score (nSPS) is 14.9. The van der Waals surface area contributed by atoms with E-state index < -0.39 is 6.10 Å². The summed E-state index contributed by atoms with van der Waals surface area (Å²) in [4.78, 5) is 23.0. The first-order chi connectivity index (χ1) is 8.60. The van der Waals surface area contributed by atoms with Gasteiger partial charge in [-0.25, -0.2) is 0 Å². The number of nitrogens with one attached hydrogen (secondary N) is 2. The van der Waals surface area contributed by atoms with Crippen molar-refractivity contribution in [3.63, 3.8) is 0 Å². The number of carbonyl (C=O) groups excluding carboxylic acids is 2. The molecule has 0 bridgehead atoms. The van der Waals surface area contributed by atoms with Crippen LogP contribution in [-0.4, -0.2) is 29.6 Å². The Morgan fingerprint density at radius 1 is 1.56 bits per heavy atom. The molecule has 0 saturated heterocycles. The van der Waals surface area contributed by atoms with Crippen LogP contribution in [0.5, 0.6) is 0 Å². The lowest BCUT2D eigenvalue weighted by atomic mass is 10.1. The maximum absolute atomic E-state index is 11.8. The van der Waals surface area contributed by atoms with Crippen molar-refractivity contribution < 1.29 is 14.7 Å². The van der Waals surface area contributed by atoms with Gasteiger partial charge in [-0.15, -0.1) is 0 Å². The molecule has 0 fully saturated rings. The van der Waals surface area contributed by atoms with Gasteiger partial charge in [0, 0.05) is 17.8 Å². The van der Waals surface area contributed by atoms with Crippen molar-refractivity contribution in [2.24, 2.45) is 0 Å². The SMILES string of the molecule is CCC(O)CNC(=O)c1ccc2c(c1)NC(=O)C2. The molecular formula is C13H16N2O3. The quantitative estimate of drug-likeness (QED) is 0.733. The van der Waals surface area contributed by atoms with E-state index in [-0.39, 0.29) is 18.4 Å². The first kappa shape index (κ1) is 12.6. The van der Waals surface area contributed by atoms with Gasteiger partial charge in [-0.1, -0.05) is 13.0 Å². The lowest BCUT2D eigenvalue weighted by Gasteiger charge is -2.10. The number of aliphatic hydroxyl groups excluding tert-OH is 1. The fourth-order valence-electron chi connectivity index (χ4n) is 1.81. The van der Waals surface area contributed by atoms with Crippen molar-refractivity contribution in [3.05, 3.63) is 29.3 Å². The molecule has 0 spiro atoms. The van der Waals surface area contributed by atoms with Gasteiger partial charge in [-0.2, -0.15) is 0 Å². The molecule has 96 valence electrons. The van der Waals surface area contributed by atoms with E-state index in [9.17, 15) is 14.7 Å². The van der Waals surface area contributed by atoms with Crippen LogP contribution in [0.1, 0.15) is 29.3 Å². The Balaban J connectivity index is 2.04. The van der Waals surface area contributed by atoms with Crippen LogP contribution < -0.4 is 10.6 Å². The van der Waals surface area contributed by atoms with Gasteiger partial charge in [0.15, 0.2) is 0 Å². The third-order valence-corrected chi connectivity index (χ3v) is 2.97. The lowest BCUT2D eigenvalue weighted by molar-refractivity contribution is -0.115. The highest BCUT2D eigenvalue weighted by Crippen LogP contribution is 2.23. The molecular weight excluding hydrogens is 232 g/mol. The van der Waals surface area contributed by atoms with Crippen LogP contribution in [0.4, 0.5) is 5.69 Å². The van der Waals surface area contributed by atoms with E-state index in [1.54, 1.807) is 18.2 Å². The number of benzene rings is 1.